The van der Waals surface area contributed by atoms with E-state index in [4.69, 9.17) is 0 Å². The van der Waals surface area contributed by atoms with Gasteiger partial charge in [-0.2, -0.15) is 0 Å². The van der Waals surface area contributed by atoms with Crippen molar-refractivity contribution >= 4 is 5.91 Å². The van der Waals surface area contributed by atoms with Crippen molar-refractivity contribution in [3.05, 3.63) is 90.3 Å². The molecule has 0 radical (unpaired) electrons. The molecule has 3 aromatic rings. The number of carbonyl (C=O) groups excluding carboxylic acids is 1. The van der Waals surface area contributed by atoms with Crippen molar-refractivity contribution in [1.29, 1.82) is 0 Å². The van der Waals surface area contributed by atoms with Crippen molar-refractivity contribution in [2.45, 2.75) is 25.2 Å². The fourth-order valence-electron chi connectivity index (χ4n) is 3.77. The first kappa shape index (κ1) is 16.6. The third kappa shape index (κ3) is 3.57. The first-order chi connectivity index (χ1) is 12.8. The van der Waals surface area contributed by atoms with E-state index in [9.17, 15) is 4.79 Å². The van der Waals surface area contributed by atoms with Crippen LogP contribution in [0.4, 0.5) is 0 Å². The van der Waals surface area contributed by atoms with Crippen LogP contribution in [0.15, 0.2) is 79.1 Å². The Morgan fingerprint density at radius 2 is 1.42 bits per heavy atom. The van der Waals surface area contributed by atoms with Gasteiger partial charge < -0.3 is 9.47 Å². The average Bonchev–Trinajstić information content (AvgIpc) is 3.41. The SMILES string of the molecule is O=C(C[C@@H](c1ccccc1)c1ccc(-n2cccc2)cc1)N1CCCC1. The highest BCUT2D eigenvalue weighted by molar-refractivity contribution is 5.78. The van der Waals surface area contributed by atoms with Gasteiger partial charge >= 0.3 is 0 Å². The van der Waals surface area contributed by atoms with Gasteiger partial charge in [0.1, 0.15) is 0 Å². The summed E-state index contributed by atoms with van der Waals surface area (Å²) in [5.74, 6) is 0.369. The van der Waals surface area contributed by atoms with Gasteiger partial charge in [-0.1, -0.05) is 42.5 Å². The molecule has 3 nitrogen and oxygen atoms in total. The maximum atomic E-state index is 12.8. The minimum atomic E-state index is 0.100. The van der Waals surface area contributed by atoms with Crippen molar-refractivity contribution in [3.8, 4) is 5.69 Å². The van der Waals surface area contributed by atoms with E-state index in [1.165, 1.54) is 11.1 Å². The second-order valence-electron chi connectivity index (χ2n) is 6.94. The summed E-state index contributed by atoms with van der Waals surface area (Å²) >= 11 is 0. The lowest BCUT2D eigenvalue weighted by Gasteiger charge is -2.22. The molecular weight excluding hydrogens is 320 g/mol. The van der Waals surface area contributed by atoms with Gasteiger partial charge in [-0.05, 0) is 48.2 Å². The topological polar surface area (TPSA) is 25.2 Å². The van der Waals surface area contributed by atoms with Crippen LogP contribution in [0.2, 0.25) is 0 Å². The Bertz CT molecular complexity index is 832. The molecule has 0 spiro atoms. The minimum absolute atomic E-state index is 0.100. The van der Waals surface area contributed by atoms with Crippen LogP contribution in [0.3, 0.4) is 0 Å². The Morgan fingerprint density at radius 3 is 2.08 bits per heavy atom. The lowest BCUT2D eigenvalue weighted by molar-refractivity contribution is -0.130. The first-order valence-electron chi connectivity index (χ1n) is 9.37. The van der Waals surface area contributed by atoms with Gasteiger partial charge in [-0.15, -0.1) is 0 Å². The predicted octanol–water partition coefficient (Wildman–Crippen LogP) is 4.62. The molecule has 1 amide bonds. The van der Waals surface area contributed by atoms with Gasteiger partial charge in [0.05, 0.1) is 0 Å². The van der Waals surface area contributed by atoms with Crippen LogP contribution in [0, 0.1) is 0 Å². The van der Waals surface area contributed by atoms with Crippen LogP contribution in [-0.2, 0) is 4.79 Å². The van der Waals surface area contributed by atoms with Crippen molar-refractivity contribution in [1.82, 2.24) is 9.47 Å². The molecule has 0 N–H and O–H groups in total. The van der Waals surface area contributed by atoms with Crippen LogP contribution in [-0.4, -0.2) is 28.5 Å². The fraction of sp³-hybridized carbons (Fsp3) is 0.261. The van der Waals surface area contributed by atoms with Gasteiger partial charge in [0, 0.05) is 43.5 Å². The Labute approximate surface area is 154 Å². The zero-order valence-electron chi connectivity index (χ0n) is 14.9. The third-order valence-electron chi connectivity index (χ3n) is 5.24. The molecule has 0 bridgehead atoms. The molecule has 2 aromatic carbocycles. The van der Waals surface area contributed by atoms with Gasteiger partial charge in [-0.25, -0.2) is 0 Å². The fourth-order valence-corrected chi connectivity index (χ4v) is 3.77. The summed E-state index contributed by atoms with van der Waals surface area (Å²) in [5, 5.41) is 0. The largest absolute Gasteiger partial charge is 0.343 e. The molecule has 4 rings (SSSR count). The predicted molar refractivity (Wildman–Crippen MR) is 104 cm³/mol. The van der Waals surface area contributed by atoms with E-state index >= 15 is 0 Å². The van der Waals surface area contributed by atoms with Crippen LogP contribution in [0.5, 0.6) is 0 Å². The van der Waals surface area contributed by atoms with Gasteiger partial charge in [0.25, 0.3) is 0 Å². The zero-order chi connectivity index (χ0) is 17.8. The summed E-state index contributed by atoms with van der Waals surface area (Å²) in [6.07, 6.45) is 6.88. The van der Waals surface area contributed by atoms with E-state index in [0.717, 1.165) is 31.6 Å². The number of carbonyl (C=O) groups is 1. The number of hydrogen-bond acceptors (Lipinski definition) is 1. The number of amides is 1. The number of aromatic nitrogens is 1. The van der Waals surface area contributed by atoms with Gasteiger partial charge in [0.2, 0.25) is 5.91 Å². The van der Waals surface area contributed by atoms with E-state index in [1.54, 1.807) is 0 Å². The molecule has 132 valence electrons. The van der Waals surface area contributed by atoms with Gasteiger partial charge in [-0.3, -0.25) is 4.79 Å². The Morgan fingerprint density at radius 1 is 0.808 bits per heavy atom. The van der Waals surface area contributed by atoms with E-state index in [1.807, 2.05) is 35.5 Å². The Kier molecular flexibility index (Phi) is 4.87. The summed E-state index contributed by atoms with van der Waals surface area (Å²) < 4.78 is 2.09. The molecule has 0 aliphatic carbocycles. The average molecular weight is 344 g/mol. The van der Waals surface area contributed by atoms with E-state index in [-0.39, 0.29) is 11.8 Å². The molecule has 1 atom stereocenters. The number of benzene rings is 2. The number of likely N-dealkylation sites (tertiary alicyclic amines) is 1. The number of rotatable bonds is 5. The molecule has 1 aliphatic heterocycles. The van der Waals surface area contributed by atoms with Crippen molar-refractivity contribution in [2.24, 2.45) is 0 Å². The molecule has 1 aromatic heterocycles. The maximum absolute atomic E-state index is 12.8. The van der Waals surface area contributed by atoms with E-state index < -0.39 is 0 Å². The summed E-state index contributed by atoms with van der Waals surface area (Å²) in [6, 6.07) is 23.0. The molecule has 2 heterocycles. The molecule has 26 heavy (non-hydrogen) atoms. The maximum Gasteiger partial charge on any atom is 0.223 e. The monoisotopic (exact) mass is 344 g/mol. The normalized spacial score (nSPS) is 15.2. The van der Waals surface area contributed by atoms with E-state index in [0.29, 0.717) is 6.42 Å². The lowest BCUT2D eigenvalue weighted by atomic mass is 9.88. The highest BCUT2D eigenvalue weighted by Crippen LogP contribution is 2.30. The Hall–Kier alpha value is -2.81. The van der Waals surface area contributed by atoms with E-state index in [2.05, 4.69) is 53.1 Å². The second-order valence-corrected chi connectivity index (χ2v) is 6.94. The zero-order valence-corrected chi connectivity index (χ0v) is 14.9. The first-order valence-corrected chi connectivity index (χ1v) is 9.37. The quantitative estimate of drug-likeness (QED) is 0.663. The molecule has 0 saturated carbocycles. The number of nitrogens with zero attached hydrogens (tertiary/aromatic N) is 2. The molecule has 0 unspecified atom stereocenters. The molecule has 1 aliphatic rings. The third-order valence-corrected chi connectivity index (χ3v) is 5.24. The molecular formula is C23H24N2O. The van der Waals surface area contributed by atoms with Crippen LogP contribution in [0.25, 0.3) is 5.69 Å². The van der Waals surface area contributed by atoms with Crippen molar-refractivity contribution in [3.63, 3.8) is 0 Å². The van der Waals surface area contributed by atoms with Crippen molar-refractivity contribution in [2.75, 3.05) is 13.1 Å². The van der Waals surface area contributed by atoms with Crippen LogP contribution < -0.4 is 0 Å². The highest BCUT2D eigenvalue weighted by Gasteiger charge is 2.23. The molecule has 1 fully saturated rings. The second kappa shape index (κ2) is 7.61. The standard InChI is InChI=1S/C23H24N2O/c26-23(25-16-6-7-17-25)18-22(19-8-2-1-3-9-19)20-10-12-21(13-11-20)24-14-4-5-15-24/h1-5,8-15,22H,6-7,16-18H2/t22-/m0/s1. The molecule has 1 saturated heterocycles. The number of hydrogen-bond donors (Lipinski definition) is 0. The summed E-state index contributed by atoms with van der Waals surface area (Å²) in [4.78, 5) is 14.8. The summed E-state index contributed by atoms with van der Waals surface area (Å²) in [5.41, 5.74) is 3.53. The summed E-state index contributed by atoms with van der Waals surface area (Å²) in [7, 11) is 0. The molecule has 3 heteroatoms. The van der Waals surface area contributed by atoms with Crippen LogP contribution >= 0.6 is 0 Å². The van der Waals surface area contributed by atoms with Crippen LogP contribution in [0.1, 0.15) is 36.3 Å². The minimum Gasteiger partial charge on any atom is -0.343 e. The summed E-state index contributed by atoms with van der Waals surface area (Å²) in [6.45, 7) is 1.82. The highest BCUT2D eigenvalue weighted by atomic mass is 16.2. The Balaban J connectivity index is 1.61. The van der Waals surface area contributed by atoms with Crippen molar-refractivity contribution < 1.29 is 4.79 Å². The smallest absolute Gasteiger partial charge is 0.223 e. The van der Waals surface area contributed by atoms with Gasteiger partial charge in [0.15, 0.2) is 0 Å². The lowest BCUT2D eigenvalue weighted by Crippen LogP contribution is -2.29.